The number of amides is 1. The van der Waals surface area contributed by atoms with Gasteiger partial charge in [0.1, 0.15) is 5.75 Å². The number of aryl methyl sites for hydroxylation is 1. The molecule has 0 saturated carbocycles. The van der Waals surface area contributed by atoms with Gasteiger partial charge in [-0.1, -0.05) is 53.3 Å². The topological polar surface area (TPSA) is 92.2 Å². The van der Waals surface area contributed by atoms with E-state index in [1.807, 2.05) is 43.3 Å². The van der Waals surface area contributed by atoms with Gasteiger partial charge in [-0.15, -0.1) is 13.2 Å². The summed E-state index contributed by atoms with van der Waals surface area (Å²) in [4.78, 5) is 18.4. The minimum absolute atomic E-state index is 0.0598. The number of sulfonamides is 1. The summed E-state index contributed by atoms with van der Waals surface area (Å²) >= 11 is 1.30. The number of hydrogen-bond acceptors (Lipinski definition) is 7. The lowest BCUT2D eigenvalue weighted by Gasteiger charge is -2.19. The van der Waals surface area contributed by atoms with Gasteiger partial charge in [-0.3, -0.25) is 4.79 Å². The van der Waals surface area contributed by atoms with Crippen molar-refractivity contribution in [2.24, 2.45) is 5.10 Å². The van der Waals surface area contributed by atoms with Crippen LogP contribution >= 0.6 is 11.3 Å². The van der Waals surface area contributed by atoms with Crippen LogP contribution in [0.4, 0.5) is 5.13 Å². The molecule has 0 N–H and O–H groups in total. The Morgan fingerprint density at radius 1 is 1.03 bits per heavy atom. The molecule has 4 aromatic rings. The Kier molecular flexibility index (Phi) is 8.70. The largest absolute Gasteiger partial charge is 0.497 e. The molecule has 1 amide bonds. The molecule has 0 saturated heterocycles. The van der Waals surface area contributed by atoms with Crippen molar-refractivity contribution in [1.29, 1.82) is 0 Å². The van der Waals surface area contributed by atoms with Gasteiger partial charge < -0.3 is 4.74 Å². The maximum absolute atomic E-state index is 13.7. The highest BCUT2D eigenvalue weighted by Crippen LogP contribution is 2.32. The molecule has 0 radical (unpaired) electrons. The second kappa shape index (κ2) is 12.2. The third-order valence-electron chi connectivity index (χ3n) is 5.76. The standard InChI is InChI=1S/C29H28N4O4S2/c1-5-17-32(18-6-2)39(35,36)25-14-11-23(12-15-25)28(34)33(30-20-22-9-7-21(3)8-10-22)29-31-26-16-13-24(37-4)19-27(26)38-29/h5-16,19-20H,1-2,17-18H2,3-4H3/b30-20+. The number of fused-ring (bicyclic) bond motifs is 1. The number of ether oxygens (including phenoxy) is 1. The molecule has 4 rings (SSSR count). The summed E-state index contributed by atoms with van der Waals surface area (Å²) in [6.45, 7) is 9.52. The van der Waals surface area contributed by atoms with Gasteiger partial charge in [-0.25, -0.2) is 13.4 Å². The fraction of sp³-hybridized carbons (Fsp3) is 0.138. The van der Waals surface area contributed by atoms with Gasteiger partial charge in [0.25, 0.3) is 5.91 Å². The Labute approximate surface area is 232 Å². The monoisotopic (exact) mass is 560 g/mol. The highest BCUT2D eigenvalue weighted by molar-refractivity contribution is 7.89. The zero-order valence-electron chi connectivity index (χ0n) is 21.6. The third kappa shape index (κ3) is 6.31. The number of benzene rings is 3. The van der Waals surface area contributed by atoms with E-state index in [0.29, 0.717) is 16.4 Å². The van der Waals surface area contributed by atoms with E-state index in [2.05, 4.69) is 23.2 Å². The van der Waals surface area contributed by atoms with Gasteiger partial charge in [0.05, 0.1) is 28.4 Å². The van der Waals surface area contributed by atoms with Crippen LogP contribution in [0.2, 0.25) is 0 Å². The van der Waals surface area contributed by atoms with E-state index in [9.17, 15) is 13.2 Å². The fourth-order valence-electron chi connectivity index (χ4n) is 3.68. The number of rotatable bonds is 11. The van der Waals surface area contributed by atoms with Crippen LogP contribution < -0.4 is 9.75 Å². The number of aromatic nitrogens is 1. The van der Waals surface area contributed by atoms with E-state index in [0.717, 1.165) is 15.8 Å². The van der Waals surface area contributed by atoms with Crippen LogP contribution in [0, 0.1) is 6.92 Å². The average Bonchev–Trinajstić information content (AvgIpc) is 3.37. The molecule has 0 bridgehead atoms. The maximum atomic E-state index is 13.7. The number of thiazole rings is 1. The summed E-state index contributed by atoms with van der Waals surface area (Å²) in [6, 6.07) is 19.0. The molecule has 3 aromatic carbocycles. The summed E-state index contributed by atoms with van der Waals surface area (Å²) in [5, 5.41) is 6.07. The molecule has 1 heterocycles. The smallest absolute Gasteiger partial charge is 0.280 e. The molecule has 0 aliphatic rings. The predicted octanol–water partition coefficient (Wildman–Crippen LogP) is 5.66. The summed E-state index contributed by atoms with van der Waals surface area (Å²) in [6.07, 6.45) is 4.61. The third-order valence-corrected chi connectivity index (χ3v) is 8.60. The molecule has 0 unspecified atom stereocenters. The lowest BCUT2D eigenvalue weighted by Crippen LogP contribution is -2.31. The minimum atomic E-state index is -3.80. The zero-order chi connectivity index (χ0) is 28.0. The Morgan fingerprint density at radius 2 is 1.69 bits per heavy atom. The van der Waals surface area contributed by atoms with Gasteiger partial charge in [0.2, 0.25) is 15.2 Å². The van der Waals surface area contributed by atoms with Crippen LogP contribution in [-0.2, 0) is 10.0 Å². The van der Waals surface area contributed by atoms with Crippen molar-refractivity contribution >= 4 is 48.8 Å². The lowest BCUT2D eigenvalue weighted by atomic mass is 10.2. The van der Waals surface area contributed by atoms with Crippen LogP contribution in [0.1, 0.15) is 21.5 Å². The lowest BCUT2D eigenvalue weighted by molar-refractivity contribution is 0.0987. The molecule has 0 fully saturated rings. The van der Waals surface area contributed by atoms with Crippen molar-refractivity contribution < 1.29 is 17.9 Å². The quantitative estimate of drug-likeness (QED) is 0.134. The van der Waals surface area contributed by atoms with Crippen LogP contribution in [0.5, 0.6) is 5.75 Å². The molecule has 1 aromatic heterocycles. The van der Waals surface area contributed by atoms with E-state index in [1.165, 1.54) is 57.1 Å². The highest BCUT2D eigenvalue weighted by atomic mass is 32.2. The Bertz CT molecular complexity index is 1620. The number of carbonyl (C=O) groups is 1. The van der Waals surface area contributed by atoms with Crippen molar-refractivity contribution in [3.8, 4) is 5.75 Å². The summed E-state index contributed by atoms with van der Waals surface area (Å²) < 4.78 is 33.5. The van der Waals surface area contributed by atoms with Gasteiger partial charge in [0, 0.05) is 18.7 Å². The molecule has 200 valence electrons. The first-order valence-electron chi connectivity index (χ1n) is 12.0. The van der Waals surface area contributed by atoms with E-state index in [-0.39, 0.29) is 23.5 Å². The number of carbonyl (C=O) groups excluding carboxylic acids is 1. The first-order chi connectivity index (χ1) is 18.8. The Balaban J connectivity index is 1.70. The van der Waals surface area contributed by atoms with Gasteiger partial charge in [-0.05, 0) is 55.0 Å². The van der Waals surface area contributed by atoms with Crippen LogP contribution in [0.3, 0.4) is 0 Å². The Hall–Kier alpha value is -4.12. The van der Waals surface area contributed by atoms with Crippen molar-refractivity contribution in [3.63, 3.8) is 0 Å². The van der Waals surface area contributed by atoms with Crippen LogP contribution in [-0.4, -0.2) is 50.0 Å². The molecule has 0 aliphatic carbocycles. The molecule has 8 nitrogen and oxygen atoms in total. The number of methoxy groups -OCH3 is 1. The van der Waals surface area contributed by atoms with Crippen molar-refractivity contribution in [3.05, 3.63) is 109 Å². The van der Waals surface area contributed by atoms with Gasteiger partial charge >= 0.3 is 0 Å². The number of hydrazone groups is 1. The van der Waals surface area contributed by atoms with Gasteiger partial charge in [0.15, 0.2) is 0 Å². The minimum Gasteiger partial charge on any atom is -0.497 e. The molecular formula is C29H28N4O4S2. The first kappa shape index (κ1) is 27.9. The number of anilines is 1. The first-order valence-corrected chi connectivity index (χ1v) is 14.2. The van der Waals surface area contributed by atoms with E-state index in [4.69, 9.17) is 4.74 Å². The van der Waals surface area contributed by atoms with Gasteiger partial charge in [-0.2, -0.15) is 14.4 Å². The summed E-state index contributed by atoms with van der Waals surface area (Å²) in [5.41, 5.74) is 2.87. The maximum Gasteiger partial charge on any atom is 0.280 e. The summed E-state index contributed by atoms with van der Waals surface area (Å²) in [7, 11) is -2.21. The van der Waals surface area contributed by atoms with E-state index >= 15 is 0 Å². The summed E-state index contributed by atoms with van der Waals surface area (Å²) in [5.74, 6) is 0.222. The number of nitrogens with zero attached hydrogens (tertiary/aromatic N) is 4. The number of hydrogen-bond donors (Lipinski definition) is 0. The van der Waals surface area contributed by atoms with Crippen LogP contribution in [0.25, 0.3) is 10.2 Å². The van der Waals surface area contributed by atoms with Crippen LogP contribution in [0.15, 0.2) is 102 Å². The molecular weight excluding hydrogens is 532 g/mol. The Morgan fingerprint density at radius 3 is 2.31 bits per heavy atom. The normalized spacial score (nSPS) is 11.7. The molecule has 39 heavy (non-hydrogen) atoms. The predicted molar refractivity (Wildman–Crippen MR) is 157 cm³/mol. The SMILES string of the molecule is C=CCN(CC=C)S(=O)(=O)c1ccc(C(=O)N(/N=C/c2ccc(C)cc2)c2nc3ccc(OC)cc3s2)cc1. The second-order valence-corrected chi connectivity index (χ2v) is 11.5. The van der Waals surface area contributed by atoms with Crippen molar-refractivity contribution in [1.82, 2.24) is 9.29 Å². The molecule has 0 aliphatic heterocycles. The molecule has 10 heteroatoms. The highest BCUT2D eigenvalue weighted by Gasteiger charge is 2.25. The van der Waals surface area contributed by atoms with E-state index < -0.39 is 15.9 Å². The molecule has 0 atom stereocenters. The van der Waals surface area contributed by atoms with Crippen molar-refractivity contribution in [2.45, 2.75) is 11.8 Å². The average molecular weight is 561 g/mol. The second-order valence-electron chi connectivity index (χ2n) is 8.53. The van der Waals surface area contributed by atoms with E-state index in [1.54, 1.807) is 19.4 Å². The fourth-order valence-corrected chi connectivity index (χ4v) is 6.01. The molecule has 0 spiro atoms. The van der Waals surface area contributed by atoms with Crippen molar-refractivity contribution in [2.75, 3.05) is 25.2 Å². The zero-order valence-corrected chi connectivity index (χ0v) is 23.3.